The number of nitrogens with zero attached hydrogens (tertiary/aromatic N) is 1. The summed E-state index contributed by atoms with van der Waals surface area (Å²) in [5, 5.41) is 1.92. The van der Waals surface area contributed by atoms with Crippen LogP contribution in [0.5, 0.6) is 0 Å². The minimum absolute atomic E-state index is 0.0339. The first-order chi connectivity index (χ1) is 11.9. The first-order valence-corrected chi connectivity index (χ1v) is 9.80. The second-order valence-electron chi connectivity index (χ2n) is 6.20. The van der Waals surface area contributed by atoms with E-state index in [4.69, 9.17) is 4.74 Å². The fraction of sp³-hybridized carbons (Fsp3) is 0.333. The number of hydrogen-bond donors (Lipinski definition) is 0. The van der Waals surface area contributed by atoms with E-state index in [9.17, 15) is 18.0 Å². The van der Waals surface area contributed by atoms with Crippen molar-refractivity contribution in [3.8, 4) is 0 Å². The van der Waals surface area contributed by atoms with Crippen LogP contribution in [-0.2, 0) is 19.4 Å². The van der Waals surface area contributed by atoms with Gasteiger partial charge < -0.3 is 9.64 Å². The molecule has 6 nitrogen and oxygen atoms in total. The SMILES string of the molecule is CN(C(=O)COC(=O)c1ccc2ccccc2c1)C1CCS(=O)(=O)C1. The van der Waals surface area contributed by atoms with E-state index in [1.807, 2.05) is 30.3 Å². The van der Waals surface area contributed by atoms with Crippen LogP contribution in [0.15, 0.2) is 42.5 Å². The standard InChI is InChI=1S/C18H19NO5S/c1-19(16-8-9-25(22,23)12-16)17(20)11-24-18(21)15-7-6-13-4-2-3-5-14(13)10-15/h2-7,10,16H,8-9,11-12H2,1H3. The second-order valence-corrected chi connectivity index (χ2v) is 8.43. The van der Waals surface area contributed by atoms with E-state index >= 15 is 0 Å². The van der Waals surface area contributed by atoms with Crippen molar-refractivity contribution in [1.82, 2.24) is 4.90 Å². The monoisotopic (exact) mass is 361 g/mol. The third-order valence-electron chi connectivity index (χ3n) is 4.46. The summed E-state index contributed by atoms with van der Waals surface area (Å²) in [7, 11) is -1.53. The molecule has 0 N–H and O–H groups in total. The van der Waals surface area contributed by atoms with E-state index in [0.29, 0.717) is 12.0 Å². The Hall–Kier alpha value is -2.41. The van der Waals surface area contributed by atoms with Crippen LogP contribution in [0.25, 0.3) is 10.8 Å². The Balaban J connectivity index is 1.60. The molecular formula is C18H19NO5S. The molecule has 0 spiro atoms. The van der Waals surface area contributed by atoms with E-state index in [-0.39, 0.29) is 17.5 Å². The van der Waals surface area contributed by atoms with Crippen molar-refractivity contribution in [2.45, 2.75) is 12.5 Å². The van der Waals surface area contributed by atoms with E-state index in [2.05, 4.69) is 0 Å². The van der Waals surface area contributed by atoms with Crippen molar-refractivity contribution in [1.29, 1.82) is 0 Å². The molecule has 2 aromatic carbocycles. The van der Waals surface area contributed by atoms with Gasteiger partial charge in [0.15, 0.2) is 16.4 Å². The molecule has 1 heterocycles. The summed E-state index contributed by atoms with van der Waals surface area (Å²) >= 11 is 0. The zero-order valence-corrected chi connectivity index (χ0v) is 14.7. The molecule has 1 aliphatic rings. The summed E-state index contributed by atoms with van der Waals surface area (Å²) in [6.45, 7) is -0.404. The maximum absolute atomic E-state index is 12.2. The largest absolute Gasteiger partial charge is 0.452 e. The van der Waals surface area contributed by atoms with Crippen molar-refractivity contribution in [2.24, 2.45) is 0 Å². The Kier molecular flexibility index (Phi) is 4.76. The maximum atomic E-state index is 12.2. The van der Waals surface area contributed by atoms with E-state index in [1.54, 1.807) is 12.1 Å². The maximum Gasteiger partial charge on any atom is 0.338 e. The molecule has 0 radical (unpaired) electrons. The van der Waals surface area contributed by atoms with Crippen LogP contribution >= 0.6 is 0 Å². The third-order valence-corrected chi connectivity index (χ3v) is 6.21. The van der Waals surface area contributed by atoms with Gasteiger partial charge in [0.05, 0.1) is 17.1 Å². The van der Waals surface area contributed by atoms with Crippen molar-refractivity contribution < 1.29 is 22.7 Å². The number of benzene rings is 2. The van der Waals surface area contributed by atoms with Gasteiger partial charge in [-0.1, -0.05) is 30.3 Å². The van der Waals surface area contributed by atoms with E-state index in [0.717, 1.165) is 10.8 Å². The number of rotatable bonds is 4. The lowest BCUT2D eigenvalue weighted by Crippen LogP contribution is -2.40. The number of ether oxygens (including phenoxy) is 1. The van der Waals surface area contributed by atoms with Crippen LogP contribution in [0.4, 0.5) is 0 Å². The van der Waals surface area contributed by atoms with Gasteiger partial charge in [-0.2, -0.15) is 0 Å². The number of likely N-dealkylation sites (N-methyl/N-ethyl adjacent to an activating group) is 1. The van der Waals surface area contributed by atoms with Gasteiger partial charge in [0.1, 0.15) is 0 Å². The molecule has 1 saturated heterocycles. The van der Waals surface area contributed by atoms with Gasteiger partial charge in [-0.3, -0.25) is 4.79 Å². The molecule has 1 unspecified atom stereocenters. The molecule has 3 rings (SSSR count). The number of carbonyl (C=O) groups excluding carboxylic acids is 2. The number of amides is 1. The van der Waals surface area contributed by atoms with Gasteiger partial charge in [-0.15, -0.1) is 0 Å². The summed E-state index contributed by atoms with van der Waals surface area (Å²) in [6, 6.07) is 12.5. The Bertz CT molecular complexity index is 922. The second kappa shape index (κ2) is 6.84. The first-order valence-electron chi connectivity index (χ1n) is 7.98. The highest BCUT2D eigenvalue weighted by Gasteiger charge is 2.32. The molecule has 1 amide bonds. The summed E-state index contributed by atoms with van der Waals surface area (Å²) < 4.78 is 28.1. The van der Waals surface area contributed by atoms with Gasteiger partial charge in [-0.05, 0) is 29.3 Å². The Morgan fingerprint density at radius 3 is 2.56 bits per heavy atom. The molecule has 0 aliphatic carbocycles. The van der Waals surface area contributed by atoms with Gasteiger partial charge in [0, 0.05) is 13.1 Å². The number of fused-ring (bicyclic) bond motifs is 1. The Morgan fingerprint density at radius 1 is 1.16 bits per heavy atom. The lowest BCUT2D eigenvalue weighted by molar-refractivity contribution is -0.134. The molecule has 1 atom stereocenters. The van der Waals surface area contributed by atoms with E-state index in [1.165, 1.54) is 11.9 Å². The fourth-order valence-electron chi connectivity index (χ4n) is 2.91. The highest BCUT2D eigenvalue weighted by atomic mass is 32.2. The molecule has 132 valence electrons. The molecule has 0 bridgehead atoms. The summed E-state index contributed by atoms with van der Waals surface area (Å²) in [5.74, 6) is -0.928. The molecule has 2 aromatic rings. The van der Waals surface area contributed by atoms with Crippen LogP contribution in [0, 0.1) is 0 Å². The van der Waals surface area contributed by atoms with Crippen LogP contribution < -0.4 is 0 Å². The van der Waals surface area contributed by atoms with Gasteiger partial charge in [-0.25, -0.2) is 13.2 Å². The molecule has 25 heavy (non-hydrogen) atoms. The van der Waals surface area contributed by atoms with Crippen LogP contribution in [0.3, 0.4) is 0 Å². The van der Waals surface area contributed by atoms with Crippen molar-refractivity contribution in [2.75, 3.05) is 25.2 Å². The van der Waals surface area contributed by atoms with Gasteiger partial charge in [0.2, 0.25) is 0 Å². The summed E-state index contributed by atoms with van der Waals surface area (Å²) in [5.41, 5.74) is 0.373. The van der Waals surface area contributed by atoms with Crippen LogP contribution in [0.1, 0.15) is 16.8 Å². The Morgan fingerprint density at radius 2 is 1.88 bits per heavy atom. The van der Waals surface area contributed by atoms with Crippen molar-refractivity contribution >= 4 is 32.5 Å². The lowest BCUT2D eigenvalue weighted by Gasteiger charge is -2.23. The first kappa shape index (κ1) is 17.4. The average Bonchev–Trinajstić information content (AvgIpc) is 2.98. The highest BCUT2D eigenvalue weighted by Crippen LogP contribution is 2.18. The highest BCUT2D eigenvalue weighted by molar-refractivity contribution is 7.91. The smallest absolute Gasteiger partial charge is 0.338 e. The van der Waals surface area contributed by atoms with E-state index < -0.39 is 28.3 Å². The molecule has 0 saturated carbocycles. The summed E-state index contributed by atoms with van der Waals surface area (Å²) in [6.07, 6.45) is 0.420. The predicted octanol–water partition coefficient (Wildman–Crippen LogP) is 1.64. The third kappa shape index (κ3) is 3.99. The average molecular weight is 361 g/mol. The lowest BCUT2D eigenvalue weighted by atomic mass is 10.1. The fourth-order valence-corrected chi connectivity index (χ4v) is 4.69. The summed E-state index contributed by atoms with van der Waals surface area (Å²) in [4.78, 5) is 25.7. The molecule has 1 aliphatic heterocycles. The van der Waals surface area contributed by atoms with Gasteiger partial charge in [0.25, 0.3) is 5.91 Å². The normalized spacial score (nSPS) is 18.8. The minimum atomic E-state index is -3.07. The topological polar surface area (TPSA) is 80.8 Å². The molecule has 0 aromatic heterocycles. The van der Waals surface area contributed by atoms with Gasteiger partial charge >= 0.3 is 5.97 Å². The number of hydrogen-bond acceptors (Lipinski definition) is 5. The van der Waals surface area contributed by atoms with Crippen molar-refractivity contribution in [3.05, 3.63) is 48.0 Å². The number of carbonyl (C=O) groups is 2. The number of esters is 1. The Labute approximate surface area is 146 Å². The molecular weight excluding hydrogens is 342 g/mol. The van der Waals surface area contributed by atoms with Crippen LogP contribution in [-0.4, -0.2) is 56.4 Å². The molecule has 7 heteroatoms. The number of sulfone groups is 1. The predicted molar refractivity (Wildman–Crippen MR) is 94.1 cm³/mol. The minimum Gasteiger partial charge on any atom is -0.452 e. The van der Waals surface area contributed by atoms with Crippen molar-refractivity contribution in [3.63, 3.8) is 0 Å². The zero-order valence-electron chi connectivity index (χ0n) is 13.8. The zero-order chi connectivity index (χ0) is 18.0. The van der Waals surface area contributed by atoms with Crippen LogP contribution in [0.2, 0.25) is 0 Å². The molecule has 1 fully saturated rings. The quantitative estimate of drug-likeness (QED) is 0.774.